The van der Waals surface area contributed by atoms with Crippen LogP contribution in [0.4, 0.5) is 17.1 Å². The maximum Gasteiger partial charge on any atom is 0.0462 e. The van der Waals surface area contributed by atoms with Gasteiger partial charge in [0.2, 0.25) is 0 Å². The third-order valence-corrected chi connectivity index (χ3v) is 9.49. The van der Waals surface area contributed by atoms with Gasteiger partial charge in [0.15, 0.2) is 0 Å². The molecule has 0 saturated carbocycles. The average Bonchev–Trinajstić information content (AvgIpc) is 3.49. The zero-order chi connectivity index (χ0) is 29.3. The van der Waals surface area contributed by atoms with Gasteiger partial charge in [0, 0.05) is 42.8 Å². The summed E-state index contributed by atoms with van der Waals surface area (Å²) < 4.78 is 2.64. The van der Waals surface area contributed by atoms with E-state index in [1.807, 2.05) is 11.3 Å². The summed E-state index contributed by atoms with van der Waals surface area (Å²) in [5.74, 6) is 0. The molecule has 7 aromatic carbocycles. The van der Waals surface area contributed by atoms with Gasteiger partial charge in [-0.15, -0.1) is 11.3 Å². The van der Waals surface area contributed by atoms with Gasteiger partial charge in [-0.2, -0.15) is 0 Å². The van der Waals surface area contributed by atoms with Gasteiger partial charge in [0.05, 0.1) is 0 Å². The second-order valence-electron chi connectivity index (χ2n) is 11.0. The summed E-state index contributed by atoms with van der Waals surface area (Å²) in [6.07, 6.45) is 0. The maximum absolute atomic E-state index is 2.37. The van der Waals surface area contributed by atoms with E-state index in [-0.39, 0.29) is 0 Å². The van der Waals surface area contributed by atoms with Crippen LogP contribution >= 0.6 is 11.3 Å². The van der Waals surface area contributed by atoms with Crippen LogP contribution in [0.25, 0.3) is 53.6 Å². The Hall–Kier alpha value is -5.44. The standard InChI is InChI=1S/C42H29NS/c1-4-12-30(13-5-1)31-20-22-32(23-21-31)34-28-39(42-40(29-34)38-18-10-11-19-41(38)44-42)33-24-26-37(27-25-33)43(35-14-6-2-7-15-35)36-16-8-3-9-17-36/h1-29H. The molecule has 0 radical (unpaired) electrons. The van der Waals surface area contributed by atoms with E-state index >= 15 is 0 Å². The molecule has 0 fully saturated rings. The summed E-state index contributed by atoms with van der Waals surface area (Å²) in [5, 5.41) is 2.62. The highest BCUT2D eigenvalue weighted by molar-refractivity contribution is 7.26. The number of thiophene rings is 1. The first-order valence-corrected chi connectivity index (χ1v) is 15.8. The summed E-state index contributed by atoms with van der Waals surface area (Å²) in [5.41, 5.74) is 10.8. The van der Waals surface area contributed by atoms with Gasteiger partial charge in [-0.1, -0.05) is 121 Å². The Morgan fingerprint density at radius 2 is 0.818 bits per heavy atom. The van der Waals surface area contributed by atoms with Crippen molar-refractivity contribution in [3.8, 4) is 33.4 Å². The summed E-state index contributed by atoms with van der Waals surface area (Å²) in [4.78, 5) is 2.31. The third-order valence-electron chi connectivity index (χ3n) is 8.27. The lowest BCUT2D eigenvalue weighted by molar-refractivity contribution is 1.28. The number of fused-ring (bicyclic) bond motifs is 3. The third kappa shape index (κ3) is 4.86. The van der Waals surface area contributed by atoms with Crippen molar-refractivity contribution in [1.29, 1.82) is 0 Å². The predicted molar refractivity (Wildman–Crippen MR) is 190 cm³/mol. The number of nitrogens with zero attached hydrogens (tertiary/aromatic N) is 1. The van der Waals surface area contributed by atoms with Crippen molar-refractivity contribution in [2.24, 2.45) is 0 Å². The fourth-order valence-corrected chi connectivity index (χ4v) is 7.31. The van der Waals surface area contributed by atoms with Crippen molar-refractivity contribution in [2.75, 3.05) is 4.90 Å². The summed E-state index contributed by atoms with van der Waals surface area (Å²) in [6, 6.07) is 63.2. The summed E-state index contributed by atoms with van der Waals surface area (Å²) >= 11 is 1.88. The quantitative estimate of drug-likeness (QED) is 0.189. The SMILES string of the molecule is c1ccc(-c2ccc(-c3cc(-c4ccc(N(c5ccccc5)c5ccccc5)cc4)c4sc5ccccc5c4c3)cc2)cc1. The van der Waals surface area contributed by atoms with Crippen molar-refractivity contribution in [3.05, 3.63) is 176 Å². The predicted octanol–water partition coefficient (Wildman–Crippen LogP) is 12.5. The van der Waals surface area contributed by atoms with E-state index in [1.165, 1.54) is 53.6 Å². The van der Waals surface area contributed by atoms with Crippen molar-refractivity contribution in [1.82, 2.24) is 0 Å². The smallest absolute Gasteiger partial charge is 0.0462 e. The van der Waals surface area contributed by atoms with Crippen LogP contribution in [0.3, 0.4) is 0 Å². The molecule has 0 aliphatic carbocycles. The molecule has 1 nitrogen and oxygen atoms in total. The number of hydrogen-bond donors (Lipinski definition) is 0. The first-order valence-electron chi connectivity index (χ1n) is 14.9. The first kappa shape index (κ1) is 26.2. The van der Waals surface area contributed by atoms with Crippen LogP contribution < -0.4 is 4.90 Å². The second-order valence-corrected chi connectivity index (χ2v) is 12.0. The molecule has 0 bridgehead atoms. The lowest BCUT2D eigenvalue weighted by atomic mass is 9.94. The Labute approximate surface area is 261 Å². The number of para-hydroxylation sites is 2. The Bertz CT molecular complexity index is 2140. The molecule has 0 N–H and O–H groups in total. The van der Waals surface area contributed by atoms with E-state index in [0.717, 1.165) is 17.1 Å². The molecule has 1 aromatic heterocycles. The van der Waals surface area contributed by atoms with Crippen LogP contribution in [-0.4, -0.2) is 0 Å². The molecule has 0 unspecified atom stereocenters. The van der Waals surface area contributed by atoms with E-state index in [9.17, 15) is 0 Å². The lowest BCUT2D eigenvalue weighted by Crippen LogP contribution is -2.09. The Morgan fingerprint density at radius 3 is 1.45 bits per heavy atom. The van der Waals surface area contributed by atoms with Gasteiger partial charge in [-0.25, -0.2) is 0 Å². The van der Waals surface area contributed by atoms with Gasteiger partial charge in [-0.05, 0) is 82.4 Å². The maximum atomic E-state index is 2.37. The van der Waals surface area contributed by atoms with Gasteiger partial charge in [0.25, 0.3) is 0 Å². The van der Waals surface area contributed by atoms with Crippen LogP contribution in [-0.2, 0) is 0 Å². The fraction of sp³-hybridized carbons (Fsp3) is 0. The average molecular weight is 580 g/mol. The molecular formula is C42H29NS. The minimum Gasteiger partial charge on any atom is -0.311 e. The zero-order valence-electron chi connectivity index (χ0n) is 24.1. The molecule has 8 aromatic rings. The molecule has 0 amide bonds. The molecule has 0 atom stereocenters. The van der Waals surface area contributed by atoms with Crippen LogP contribution in [0.2, 0.25) is 0 Å². The normalized spacial score (nSPS) is 11.2. The molecule has 8 rings (SSSR count). The number of benzene rings is 7. The van der Waals surface area contributed by atoms with Crippen molar-refractivity contribution in [3.63, 3.8) is 0 Å². The number of hydrogen-bond acceptors (Lipinski definition) is 2. The molecular weight excluding hydrogens is 551 g/mol. The van der Waals surface area contributed by atoms with Gasteiger partial charge in [0.1, 0.15) is 0 Å². The highest BCUT2D eigenvalue weighted by Crippen LogP contribution is 2.44. The largest absolute Gasteiger partial charge is 0.311 e. The highest BCUT2D eigenvalue weighted by atomic mass is 32.1. The molecule has 0 saturated heterocycles. The van der Waals surface area contributed by atoms with Crippen LogP contribution in [0.1, 0.15) is 0 Å². The molecule has 2 heteroatoms. The van der Waals surface area contributed by atoms with Gasteiger partial charge < -0.3 is 4.90 Å². The number of anilines is 3. The highest BCUT2D eigenvalue weighted by Gasteiger charge is 2.16. The second kappa shape index (κ2) is 11.3. The van der Waals surface area contributed by atoms with Crippen molar-refractivity contribution >= 4 is 48.6 Å². The van der Waals surface area contributed by atoms with Crippen LogP contribution in [0.15, 0.2) is 176 Å². The lowest BCUT2D eigenvalue weighted by Gasteiger charge is -2.25. The van der Waals surface area contributed by atoms with Gasteiger partial charge in [-0.3, -0.25) is 0 Å². The van der Waals surface area contributed by atoms with E-state index in [0.29, 0.717) is 0 Å². The first-order chi connectivity index (χ1) is 21.8. The Balaban J connectivity index is 1.25. The minimum absolute atomic E-state index is 1.13. The number of rotatable bonds is 6. The van der Waals surface area contributed by atoms with Crippen molar-refractivity contribution < 1.29 is 0 Å². The van der Waals surface area contributed by atoms with Crippen LogP contribution in [0, 0.1) is 0 Å². The molecule has 208 valence electrons. The topological polar surface area (TPSA) is 3.24 Å². The van der Waals surface area contributed by atoms with Crippen molar-refractivity contribution in [2.45, 2.75) is 0 Å². The van der Waals surface area contributed by atoms with E-state index in [1.54, 1.807) is 0 Å². The van der Waals surface area contributed by atoms with E-state index < -0.39 is 0 Å². The monoisotopic (exact) mass is 579 g/mol. The van der Waals surface area contributed by atoms with E-state index in [4.69, 9.17) is 0 Å². The van der Waals surface area contributed by atoms with E-state index in [2.05, 4.69) is 181 Å². The molecule has 0 aliphatic heterocycles. The summed E-state index contributed by atoms with van der Waals surface area (Å²) in [6.45, 7) is 0. The van der Waals surface area contributed by atoms with Crippen LogP contribution in [0.5, 0.6) is 0 Å². The fourth-order valence-electron chi connectivity index (χ4n) is 6.09. The summed E-state index contributed by atoms with van der Waals surface area (Å²) in [7, 11) is 0. The minimum atomic E-state index is 1.13. The molecule has 1 heterocycles. The zero-order valence-corrected chi connectivity index (χ0v) is 24.9. The van der Waals surface area contributed by atoms with Gasteiger partial charge >= 0.3 is 0 Å². The molecule has 44 heavy (non-hydrogen) atoms. The molecule has 0 aliphatic rings. The Morgan fingerprint density at radius 1 is 0.341 bits per heavy atom. The molecule has 0 spiro atoms. The Kier molecular flexibility index (Phi) is 6.75.